The van der Waals surface area contributed by atoms with Crippen LogP contribution in [0.3, 0.4) is 0 Å². The van der Waals surface area contributed by atoms with E-state index in [1.165, 1.54) is 19.1 Å². The molecule has 7 nitrogen and oxygen atoms in total. The lowest BCUT2D eigenvalue weighted by Gasteiger charge is -2.20. The summed E-state index contributed by atoms with van der Waals surface area (Å²) in [7, 11) is 0. The number of hydrogen-bond acceptors (Lipinski definition) is 6. The number of aliphatic carboxylic acids is 1. The molecule has 0 aliphatic heterocycles. The van der Waals surface area contributed by atoms with Gasteiger partial charge in [0.1, 0.15) is 16.8 Å². The number of aryl methyl sites for hydroxylation is 2. The zero-order valence-electron chi connectivity index (χ0n) is 19.2. The quantitative estimate of drug-likeness (QED) is 0.361. The van der Waals surface area contributed by atoms with Crippen LogP contribution in [0, 0.1) is 0 Å². The summed E-state index contributed by atoms with van der Waals surface area (Å²) >= 11 is 0. The molecule has 0 bridgehead atoms. The third-order valence-electron chi connectivity index (χ3n) is 6.51. The molecule has 3 N–H and O–H groups in total. The van der Waals surface area contributed by atoms with Crippen LogP contribution in [-0.2, 0) is 30.2 Å². The standard InChI is InChI=1S/C26H22F3N3O4/c1-25(30,24(33)34)12-11-14-7-9-17-16(13-14)8-10-18-20(17)31-36-23(18)21-19(26(27,28)29)22(35-32-21)15-5-3-2-4-6-15/h2-7,9,13H,8,10-12,30H2,1H3,(H,33,34). The number of carboxylic acid groups (broad SMARTS) is 1. The van der Waals surface area contributed by atoms with Crippen molar-refractivity contribution >= 4 is 5.97 Å². The summed E-state index contributed by atoms with van der Waals surface area (Å²) in [5.41, 5.74) is 6.95. The van der Waals surface area contributed by atoms with E-state index in [0.29, 0.717) is 30.5 Å². The Morgan fingerprint density at radius 1 is 1.03 bits per heavy atom. The van der Waals surface area contributed by atoms with Crippen LogP contribution in [0.2, 0.25) is 0 Å². The molecule has 0 radical (unpaired) electrons. The maximum atomic E-state index is 14.1. The first-order valence-corrected chi connectivity index (χ1v) is 11.3. The molecule has 1 aliphatic rings. The van der Waals surface area contributed by atoms with Crippen molar-refractivity contribution in [3.05, 3.63) is 70.8 Å². The molecule has 2 aromatic heterocycles. The van der Waals surface area contributed by atoms with Crippen molar-refractivity contribution < 1.29 is 32.1 Å². The molecule has 0 amide bonds. The number of carbonyl (C=O) groups is 1. The van der Waals surface area contributed by atoms with Crippen LogP contribution in [0.1, 0.15) is 35.6 Å². The first kappa shape index (κ1) is 23.8. The van der Waals surface area contributed by atoms with Gasteiger partial charge in [-0.15, -0.1) is 0 Å². The van der Waals surface area contributed by atoms with Crippen molar-refractivity contribution in [2.75, 3.05) is 0 Å². The predicted octanol–water partition coefficient (Wildman–Crippen LogP) is 5.52. The number of nitrogens with two attached hydrogens (primary N) is 1. The summed E-state index contributed by atoms with van der Waals surface area (Å²) in [6, 6.07) is 13.6. The van der Waals surface area contributed by atoms with E-state index in [1.807, 2.05) is 18.2 Å². The van der Waals surface area contributed by atoms with Crippen molar-refractivity contribution in [1.29, 1.82) is 0 Å². The van der Waals surface area contributed by atoms with Gasteiger partial charge in [-0.25, -0.2) is 0 Å². The van der Waals surface area contributed by atoms with E-state index in [9.17, 15) is 23.1 Å². The molecule has 1 aliphatic carbocycles. The number of hydrogen-bond donors (Lipinski definition) is 2. The third-order valence-corrected chi connectivity index (χ3v) is 6.51. The molecule has 0 saturated carbocycles. The Morgan fingerprint density at radius 2 is 1.72 bits per heavy atom. The van der Waals surface area contributed by atoms with Gasteiger partial charge in [-0.2, -0.15) is 13.2 Å². The van der Waals surface area contributed by atoms with E-state index in [0.717, 1.165) is 16.7 Å². The lowest BCUT2D eigenvalue weighted by molar-refractivity contribution is -0.143. The van der Waals surface area contributed by atoms with Crippen molar-refractivity contribution in [2.45, 2.75) is 44.3 Å². The Hall–Kier alpha value is -3.92. The summed E-state index contributed by atoms with van der Waals surface area (Å²) in [6.45, 7) is 1.47. The Labute approximate surface area is 203 Å². The minimum atomic E-state index is -4.73. The number of alkyl halides is 3. The lowest BCUT2D eigenvalue weighted by Crippen LogP contribution is -2.45. The summed E-state index contributed by atoms with van der Waals surface area (Å²) in [6.07, 6.45) is -3.04. The number of nitrogens with zero attached hydrogens (tertiary/aromatic N) is 2. The highest BCUT2D eigenvalue weighted by molar-refractivity contribution is 5.79. The maximum Gasteiger partial charge on any atom is 0.422 e. The second-order valence-electron chi connectivity index (χ2n) is 9.15. The summed E-state index contributed by atoms with van der Waals surface area (Å²) in [5, 5.41) is 17.1. The van der Waals surface area contributed by atoms with Gasteiger partial charge in [0, 0.05) is 16.7 Å². The van der Waals surface area contributed by atoms with Crippen LogP contribution < -0.4 is 5.73 Å². The highest BCUT2D eigenvalue weighted by atomic mass is 19.4. The Morgan fingerprint density at radius 3 is 2.42 bits per heavy atom. The van der Waals surface area contributed by atoms with Crippen LogP contribution in [0.15, 0.2) is 57.6 Å². The second-order valence-corrected chi connectivity index (χ2v) is 9.15. The lowest BCUT2D eigenvalue weighted by atomic mass is 9.86. The van der Waals surface area contributed by atoms with E-state index in [2.05, 4.69) is 10.3 Å². The maximum absolute atomic E-state index is 14.1. The van der Waals surface area contributed by atoms with Gasteiger partial charge in [-0.05, 0) is 43.7 Å². The molecule has 10 heteroatoms. The van der Waals surface area contributed by atoms with E-state index >= 15 is 0 Å². The van der Waals surface area contributed by atoms with E-state index in [1.54, 1.807) is 18.2 Å². The number of fused-ring (bicyclic) bond motifs is 3. The third kappa shape index (κ3) is 4.17. The summed E-state index contributed by atoms with van der Waals surface area (Å²) in [5.74, 6) is -1.50. The molecule has 186 valence electrons. The van der Waals surface area contributed by atoms with Gasteiger partial charge >= 0.3 is 12.1 Å². The largest absolute Gasteiger partial charge is 0.480 e. The molecule has 36 heavy (non-hydrogen) atoms. The van der Waals surface area contributed by atoms with Gasteiger partial charge in [0.05, 0.1) is 0 Å². The molecule has 0 fully saturated rings. The first-order chi connectivity index (χ1) is 17.1. The number of aromatic nitrogens is 2. The molecule has 0 spiro atoms. The molecular formula is C26H22F3N3O4. The van der Waals surface area contributed by atoms with Crippen LogP contribution in [0.5, 0.6) is 0 Å². The van der Waals surface area contributed by atoms with Crippen LogP contribution in [-0.4, -0.2) is 26.9 Å². The van der Waals surface area contributed by atoms with Crippen molar-refractivity contribution in [3.8, 4) is 34.0 Å². The zero-order valence-corrected chi connectivity index (χ0v) is 19.2. The highest BCUT2D eigenvalue weighted by Gasteiger charge is 2.43. The fourth-order valence-corrected chi connectivity index (χ4v) is 4.44. The van der Waals surface area contributed by atoms with Gasteiger partial charge in [-0.3, -0.25) is 4.79 Å². The van der Waals surface area contributed by atoms with E-state index in [-0.39, 0.29) is 23.5 Å². The van der Waals surface area contributed by atoms with Gasteiger partial charge in [-0.1, -0.05) is 58.8 Å². The smallest absolute Gasteiger partial charge is 0.422 e. The average molecular weight is 497 g/mol. The Bertz CT molecular complexity index is 1440. The monoisotopic (exact) mass is 497 g/mol. The normalized spacial score (nSPS) is 14.7. The minimum Gasteiger partial charge on any atom is -0.480 e. The molecule has 1 atom stereocenters. The summed E-state index contributed by atoms with van der Waals surface area (Å²) < 4.78 is 53.0. The van der Waals surface area contributed by atoms with Crippen molar-refractivity contribution in [2.24, 2.45) is 5.73 Å². The zero-order chi connectivity index (χ0) is 25.7. The predicted molar refractivity (Wildman–Crippen MR) is 124 cm³/mol. The SMILES string of the molecule is CC(N)(CCc1ccc2c(c1)CCc1c-2noc1-c1noc(-c2ccccc2)c1C(F)(F)F)C(=O)O. The van der Waals surface area contributed by atoms with E-state index < -0.39 is 28.9 Å². The average Bonchev–Trinajstić information content (AvgIpc) is 3.47. The number of carboxylic acids is 1. The number of benzene rings is 2. The molecule has 5 rings (SSSR count). The van der Waals surface area contributed by atoms with Crippen LogP contribution >= 0.6 is 0 Å². The molecule has 4 aromatic rings. The highest BCUT2D eigenvalue weighted by Crippen LogP contribution is 2.46. The number of rotatable bonds is 6. The molecule has 0 saturated heterocycles. The summed E-state index contributed by atoms with van der Waals surface area (Å²) in [4.78, 5) is 11.3. The van der Waals surface area contributed by atoms with Crippen LogP contribution in [0.4, 0.5) is 13.2 Å². The Kier molecular flexibility index (Phi) is 5.71. The number of halogens is 3. The van der Waals surface area contributed by atoms with Gasteiger partial charge in [0.25, 0.3) is 0 Å². The molecular weight excluding hydrogens is 475 g/mol. The van der Waals surface area contributed by atoms with Crippen LogP contribution in [0.25, 0.3) is 34.0 Å². The minimum absolute atomic E-state index is 0.0571. The van der Waals surface area contributed by atoms with Gasteiger partial charge in [0.2, 0.25) is 0 Å². The second kappa shape index (κ2) is 8.63. The van der Waals surface area contributed by atoms with Gasteiger partial charge in [0.15, 0.2) is 17.2 Å². The molecule has 2 heterocycles. The Balaban J connectivity index is 1.51. The van der Waals surface area contributed by atoms with E-state index in [4.69, 9.17) is 14.8 Å². The fourth-order valence-electron chi connectivity index (χ4n) is 4.44. The van der Waals surface area contributed by atoms with Crippen molar-refractivity contribution in [1.82, 2.24) is 10.3 Å². The molecule has 2 aromatic carbocycles. The van der Waals surface area contributed by atoms with Crippen molar-refractivity contribution in [3.63, 3.8) is 0 Å². The topological polar surface area (TPSA) is 115 Å². The molecule has 1 unspecified atom stereocenters. The first-order valence-electron chi connectivity index (χ1n) is 11.3. The fraction of sp³-hybridized carbons (Fsp3) is 0.269. The van der Waals surface area contributed by atoms with Gasteiger partial charge < -0.3 is 19.9 Å².